The highest BCUT2D eigenvalue weighted by molar-refractivity contribution is 5.48. The van der Waals surface area contributed by atoms with Crippen molar-refractivity contribution in [2.75, 3.05) is 19.7 Å². The molecule has 110 valence electrons. The second-order valence-corrected chi connectivity index (χ2v) is 5.07. The van der Waals surface area contributed by atoms with Crippen molar-refractivity contribution in [2.24, 2.45) is 0 Å². The molecule has 0 bridgehead atoms. The van der Waals surface area contributed by atoms with Crippen molar-refractivity contribution >= 4 is 6.08 Å². The van der Waals surface area contributed by atoms with Gasteiger partial charge < -0.3 is 20.4 Å². The molecule has 1 aromatic rings. The number of likely N-dealkylation sites (tertiary alicyclic amines) is 1. The van der Waals surface area contributed by atoms with Crippen LogP contribution >= 0.6 is 0 Å². The second-order valence-electron chi connectivity index (χ2n) is 5.07. The first-order chi connectivity index (χ1) is 9.63. The maximum absolute atomic E-state index is 9.86. The maximum Gasteiger partial charge on any atom is 0.109 e. The van der Waals surface area contributed by atoms with Gasteiger partial charge in [-0.3, -0.25) is 4.90 Å². The van der Waals surface area contributed by atoms with Crippen molar-refractivity contribution in [1.29, 1.82) is 0 Å². The van der Waals surface area contributed by atoms with E-state index in [-0.39, 0.29) is 13.2 Å². The smallest absolute Gasteiger partial charge is 0.109 e. The van der Waals surface area contributed by atoms with Crippen LogP contribution < -0.4 is 0 Å². The van der Waals surface area contributed by atoms with Crippen LogP contribution in [0.3, 0.4) is 0 Å². The van der Waals surface area contributed by atoms with Gasteiger partial charge in [-0.25, -0.2) is 0 Å². The molecule has 0 aliphatic carbocycles. The van der Waals surface area contributed by atoms with E-state index in [9.17, 15) is 20.4 Å². The van der Waals surface area contributed by atoms with Gasteiger partial charge in [0.05, 0.1) is 18.8 Å². The molecule has 0 spiro atoms. The Balaban J connectivity index is 1.98. The lowest BCUT2D eigenvalue weighted by Gasteiger charge is -2.42. The van der Waals surface area contributed by atoms with Gasteiger partial charge >= 0.3 is 0 Å². The summed E-state index contributed by atoms with van der Waals surface area (Å²) in [6, 6.07) is 9.22. The van der Waals surface area contributed by atoms with Crippen LogP contribution in [0.4, 0.5) is 0 Å². The Labute approximate surface area is 118 Å². The van der Waals surface area contributed by atoms with Gasteiger partial charge in [0.2, 0.25) is 0 Å². The fourth-order valence-corrected chi connectivity index (χ4v) is 2.48. The summed E-state index contributed by atoms with van der Waals surface area (Å²) in [5.41, 5.74) is 1.06. The van der Waals surface area contributed by atoms with Crippen LogP contribution in [0.5, 0.6) is 0 Å². The predicted octanol–water partition coefficient (Wildman–Crippen LogP) is -0.541. The molecular formula is C15H21NO4. The Morgan fingerprint density at radius 3 is 2.45 bits per heavy atom. The molecule has 1 fully saturated rings. The third kappa shape index (κ3) is 3.45. The molecule has 1 saturated heterocycles. The van der Waals surface area contributed by atoms with E-state index < -0.39 is 24.4 Å². The highest BCUT2D eigenvalue weighted by Crippen LogP contribution is 2.18. The average molecular weight is 279 g/mol. The van der Waals surface area contributed by atoms with Crippen LogP contribution in [-0.4, -0.2) is 69.4 Å². The van der Waals surface area contributed by atoms with E-state index in [4.69, 9.17) is 0 Å². The lowest BCUT2D eigenvalue weighted by atomic mass is 9.94. The van der Waals surface area contributed by atoms with E-state index in [0.29, 0.717) is 6.54 Å². The number of rotatable bonds is 4. The standard InChI is InChI=1S/C15H21NO4/c17-10-12-14(19)15(20)13(18)9-16(12)8-4-7-11-5-2-1-3-6-11/h1-7,12-15,17-20H,8-10H2/b7-4+/t12-,13+,14-,15-/m1/s1. The Bertz CT molecular complexity index is 437. The number of aliphatic hydroxyl groups is 4. The summed E-state index contributed by atoms with van der Waals surface area (Å²) >= 11 is 0. The monoisotopic (exact) mass is 279 g/mol. The number of hydrogen-bond donors (Lipinski definition) is 4. The van der Waals surface area contributed by atoms with E-state index >= 15 is 0 Å². The molecule has 2 rings (SSSR count). The number of aliphatic hydroxyl groups excluding tert-OH is 4. The summed E-state index contributed by atoms with van der Waals surface area (Å²) in [6.07, 6.45) is 0.501. The fraction of sp³-hybridized carbons (Fsp3) is 0.467. The van der Waals surface area contributed by atoms with Crippen LogP contribution in [0, 0.1) is 0 Å². The number of piperidine rings is 1. The van der Waals surface area contributed by atoms with Gasteiger partial charge in [0, 0.05) is 13.1 Å². The average Bonchev–Trinajstić information content (AvgIpc) is 2.46. The normalized spacial score (nSPS) is 31.8. The van der Waals surface area contributed by atoms with Crippen molar-refractivity contribution in [1.82, 2.24) is 4.90 Å². The second kappa shape index (κ2) is 6.97. The van der Waals surface area contributed by atoms with Crippen LogP contribution in [-0.2, 0) is 0 Å². The van der Waals surface area contributed by atoms with Gasteiger partial charge in [-0.15, -0.1) is 0 Å². The Morgan fingerprint density at radius 2 is 1.80 bits per heavy atom. The molecule has 1 aliphatic heterocycles. The van der Waals surface area contributed by atoms with Gasteiger partial charge in [0.1, 0.15) is 12.2 Å². The molecule has 4 N–H and O–H groups in total. The number of hydrogen-bond acceptors (Lipinski definition) is 5. The molecule has 0 radical (unpaired) electrons. The Hall–Kier alpha value is -1.24. The number of nitrogens with zero attached hydrogens (tertiary/aromatic N) is 1. The molecule has 1 heterocycles. The van der Waals surface area contributed by atoms with E-state index in [1.54, 1.807) is 4.90 Å². The van der Waals surface area contributed by atoms with Gasteiger partial charge in [0.25, 0.3) is 0 Å². The maximum atomic E-state index is 9.86. The first-order valence-electron chi connectivity index (χ1n) is 6.74. The molecule has 0 saturated carbocycles. The quantitative estimate of drug-likeness (QED) is 0.595. The van der Waals surface area contributed by atoms with Crippen LogP contribution in [0.2, 0.25) is 0 Å². The zero-order chi connectivity index (χ0) is 14.5. The van der Waals surface area contributed by atoms with Crippen molar-refractivity contribution in [2.45, 2.75) is 24.4 Å². The molecule has 0 amide bonds. The van der Waals surface area contributed by atoms with E-state index in [1.165, 1.54) is 0 Å². The van der Waals surface area contributed by atoms with Gasteiger partial charge in [-0.05, 0) is 5.56 Å². The Kier molecular flexibility index (Phi) is 5.28. The highest BCUT2D eigenvalue weighted by Gasteiger charge is 2.40. The summed E-state index contributed by atoms with van der Waals surface area (Å²) in [4.78, 5) is 1.77. The van der Waals surface area contributed by atoms with Crippen molar-refractivity contribution in [3.63, 3.8) is 0 Å². The third-order valence-corrected chi connectivity index (χ3v) is 3.67. The van der Waals surface area contributed by atoms with Crippen molar-refractivity contribution < 1.29 is 20.4 Å². The first kappa shape index (κ1) is 15.2. The molecule has 0 aromatic heterocycles. The lowest BCUT2D eigenvalue weighted by molar-refractivity contribution is -0.142. The summed E-state index contributed by atoms with van der Waals surface area (Å²) in [5, 5.41) is 38.5. The summed E-state index contributed by atoms with van der Waals surface area (Å²) in [7, 11) is 0. The van der Waals surface area contributed by atoms with Gasteiger partial charge in [-0.1, -0.05) is 42.5 Å². The molecular weight excluding hydrogens is 258 g/mol. The molecule has 0 unspecified atom stereocenters. The third-order valence-electron chi connectivity index (χ3n) is 3.67. The predicted molar refractivity (Wildman–Crippen MR) is 75.9 cm³/mol. The zero-order valence-corrected chi connectivity index (χ0v) is 11.2. The minimum absolute atomic E-state index is 0.225. The van der Waals surface area contributed by atoms with Crippen LogP contribution in [0.25, 0.3) is 6.08 Å². The largest absolute Gasteiger partial charge is 0.395 e. The highest BCUT2D eigenvalue weighted by atomic mass is 16.4. The van der Waals surface area contributed by atoms with Crippen LogP contribution in [0.15, 0.2) is 36.4 Å². The van der Waals surface area contributed by atoms with E-state index in [1.807, 2.05) is 42.5 Å². The molecule has 4 atom stereocenters. The summed E-state index contributed by atoms with van der Waals surface area (Å²) in [6.45, 7) is 0.452. The SMILES string of the molecule is OC[C@@H]1[C@@H](O)[C@H](O)[C@@H](O)CN1C/C=C/c1ccccc1. The topological polar surface area (TPSA) is 84.2 Å². The zero-order valence-electron chi connectivity index (χ0n) is 11.2. The minimum Gasteiger partial charge on any atom is -0.395 e. The number of β-amino-alcohol motifs (C(OH)–C–C–N with tert-alkyl or cyclic N) is 1. The Morgan fingerprint density at radius 1 is 1.10 bits per heavy atom. The molecule has 1 aromatic carbocycles. The fourth-order valence-electron chi connectivity index (χ4n) is 2.48. The lowest BCUT2D eigenvalue weighted by Crippen LogP contribution is -2.62. The van der Waals surface area contributed by atoms with Gasteiger partial charge in [-0.2, -0.15) is 0 Å². The summed E-state index contributed by atoms with van der Waals surface area (Å²) in [5.74, 6) is 0. The van der Waals surface area contributed by atoms with Crippen molar-refractivity contribution in [3.8, 4) is 0 Å². The minimum atomic E-state index is -1.21. The molecule has 20 heavy (non-hydrogen) atoms. The summed E-state index contributed by atoms with van der Waals surface area (Å²) < 4.78 is 0. The van der Waals surface area contributed by atoms with Crippen LogP contribution in [0.1, 0.15) is 5.56 Å². The van der Waals surface area contributed by atoms with Crippen molar-refractivity contribution in [3.05, 3.63) is 42.0 Å². The molecule has 5 nitrogen and oxygen atoms in total. The molecule has 1 aliphatic rings. The van der Waals surface area contributed by atoms with E-state index in [2.05, 4.69) is 0 Å². The van der Waals surface area contributed by atoms with Gasteiger partial charge in [0.15, 0.2) is 0 Å². The molecule has 5 heteroatoms. The number of benzene rings is 1. The van der Waals surface area contributed by atoms with E-state index in [0.717, 1.165) is 5.56 Å². The first-order valence-corrected chi connectivity index (χ1v) is 6.74.